The molecule has 0 bridgehead atoms. The molecule has 3 rings (SSSR count). The van der Waals surface area contributed by atoms with Crippen molar-refractivity contribution >= 4 is 46.0 Å². The zero-order chi connectivity index (χ0) is 33.9. The van der Waals surface area contributed by atoms with Crippen LogP contribution in [0.3, 0.4) is 0 Å². The molecule has 0 radical (unpaired) electrons. The van der Waals surface area contributed by atoms with Gasteiger partial charge in [-0.3, -0.25) is 4.79 Å². The van der Waals surface area contributed by atoms with Crippen molar-refractivity contribution in [3.05, 3.63) is 58.1 Å². The van der Waals surface area contributed by atoms with Gasteiger partial charge in [0.15, 0.2) is 5.96 Å². The number of aliphatic carboxylic acids is 1. The number of hydrogen-bond donors (Lipinski definition) is 5. The molecule has 0 aliphatic carbocycles. The minimum Gasteiger partial charge on any atom is -0.480 e. The Balaban J connectivity index is 0.00000736. The Kier molecular flexibility index (Phi) is 13.0. The number of amides is 1. The fraction of sp³-hybridized carbons (Fsp3) is 0.531. The zero-order valence-corrected chi connectivity index (χ0v) is 29.3. The fourth-order valence-electron chi connectivity index (χ4n) is 5.39. The highest BCUT2D eigenvalue weighted by molar-refractivity contribution is 7.92. The molecular formula is C32H49ClN6O6S. The maximum absolute atomic E-state index is 15.3. The summed E-state index contributed by atoms with van der Waals surface area (Å²) in [5, 5.41) is 12.5. The first kappa shape index (κ1) is 38.8. The number of carbonyl (C=O) groups excluding carboxylic acids is 1. The molecule has 256 valence electrons. The molecule has 0 saturated carbocycles. The number of piperazine rings is 1. The summed E-state index contributed by atoms with van der Waals surface area (Å²) in [6, 6.07) is 7.09. The van der Waals surface area contributed by atoms with Crippen LogP contribution in [0.15, 0.2) is 40.2 Å². The number of benzene rings is 2. The van der Waals surface area contributed by atoms with Crippen molar-refractivity contribution in [2.75, 3.05) is 26.2 Å². The second kappa shape index (κ2) is 15.5. The highest BCUT2D eigenvalue weighted by Crippen LogP contribution is 2.46. The summed E-state index contributed by atoms with van der Waals surface area (Å²) in [7, 11) is -4.54. The van der Waals surface area contributed by atoms with Crippen molar-refractivity contribution in [2.24, 2.45) is 22.2 Å². The van der Waals surface area contributed by atoms with E-state index in [2.05, 4.69) is 24.2 Å². The third-order valence-corrected chi connectivity index (χ3v) is 10.4. The summed E-state index contributed by atoms with van der Waals surface area (Å²) in [5.74, 6) is -1.79. The SMILES string of the molecule is CC(C)c1cc(C(C)C)c(S(=O)(=O)C(C)(OC(=O)N2CCNCC2)c2ccc(C[C@H](N)C(=O)O)cc2N=C(N)N)c(C(C)C)c1.Cl. The number of nitrogens with zero attached hydrogens (tertiary/aromatic N) is 2. The molecule has 1 aliphatic heterocycles. The average Bonchev–Trinajstić information content (AvgIpc) is 2.96. The van der Waals surface area contributed by atoms with E-state index < -0.39 is 32.9 Å². The third-order valence-electron chi connectivity index (χ3n) is 8.09. The van der Waals surface area contributed by atoms with E-state index in [1.54, 1.807) is 6.07 Å². The van der Waals surface area contributed by atoms with Gasteiger partial charge in [0.05, 0.1) is 10.6 Å². The number of sulfone groups is 1. The molecule has 1 aliphatic rings. The summed E-state index contributed by atoms with van der Waals surface area (Å²) in [5.41, 5.74) is 20.1. The van der Waals surface area contributed by atoms with E-state index in [1.807, 2.05) is 39.8 Å². The molecule has 0 aromatic heterocycles. The molecule has 2 atom stereocenters. The van der Waals surface area contributed by atoms with Gasteiger partial charge in [0.2, 0.25) is 14.8 Å². The van der Waals surface area contributed by atoms with Crippen molar-refractivity contribution < 1.29 is 27.9 Å². The van der Waals surface area contributed by atoms with Crippen molar-refractivity contribution in [1.29, 1.82) is 0 Å². The van der Waals surface area contributed by atoms with Gasteiger partial charge >= 0.3 is 12.1 Å². The normalized spacial score (nSPS) is 15.7. The summed E-state index contributed by atoms with van der Waals surface area (Å²) in [6.45, 7) is 14.9. The lowest BCUT2D eigenvalue weighted by atomic mass is 9.89. The minimum absolute atomic E-state index is 0. The Bertz CT molecular complexity index is 1520. The highest BCUT2D eigenvalue weighted by Gasteiger charge is 2.50. The van der Waals surface area contributed by atoms with Gasteiger partial charge in [-0.25, -0.2) is 18.2 Å². The molecule has 1 unspecified atom stereocenters. The van der Waals surface area contributed by atoms with Gasteiger partial charge in [0.25, 0.3) is 0 Å². The van der Waals surface area contributed by atoms with E-state index >= 15 is 8.42 Å². The number of halogens is 1. The first-order valence-electron chi connectivity index (χ1n) is 15.2. The zero-order valence-electron chi connectivity index (χ0n) is 27.7. The Morgan fingerprint density at radius 2 is 1.54 bits per heavy atom. The van der Waals surface area contributed by atoms with Gasteiger partial charge in [-0.1, -0.05) is 65.8 Å². The number of aliphatic imine (C=N–C) groups is 1. The Labute approximate surface area is 278 Å². The van der Waals surface area contributed by atoms with Crippen molar-refractivity contribution in [2.45, 2.75) is 88.5 Å². The summed E-state index contributed by atoms with van der Waals surface area (Å²) in [4.78, 5) is 28.6. The molecule has 46 heavy (non-hydrogen) atoms. The fourth-order valence-corrected chi connectivity index (χ4v) is 7.63. The van der Waals surface area contributed by atoms with Gasteiger partial charge in [0, 0.05) is 31.7 Å². The van der Waals surface area contributed by atoms with Crippen LogP contribution in [0.4, 0.5) is 10.5 Å². The summed E-state index contributed by atoms with van der Waals surface area (Å²) < 4.78 is 36.7. The molecule has 12 nitrogen and oxygen atoms in total. The predicted molar refractivity (Wildman–Crippen MR) is 183 cm³/mol. The molecule has 0 spiro atoms. The van der Waals surface area contributed by atoms with Crippen molar-refractivity contribution in [3.63, 3.8) is 0 Å². The number of carboxylic acids is 1. The van der Waals surface area contributed by atoms with Gasteiger partial charge < -0.3 is 37.3 Å². The van der Waals surface area contributed by atoms with Gasteiger partial charge in [-0.2, -0.15) is 0 Å². The monoisotopic (exact) mass is 680 g/mol. The Morgan fingerprint density at radius 1 is 1.00 bits per heavy atom. The number of nitrogens with two attached hydrogens (primary N) is 3. The van der Waals surface area contributed by atoms with Crippen LogP contribution in [0.5, 0.6) is 0 Å². The van der Waals surface area contributed by atoms with Gasteiger partial charge in [-0.05, 0) is 59.4 Å². The quantitative estimate of drug-likeness (QED) is 0.170. The first-order chi connectivity index (χ1) is 20.9. The number of nitrogens with one attached hydrogen (secondary N) is 1. The molecular weight excluding hydrogens is 632 g/mol. The van der Waals surface area contributed by atoms with Gasteiger partial charge in [0.1, 0.15) is 6.04 Å². The van der Waals surface area contributed by atoms with E-state index in [0.29, 0.717) is 42.9 Å². The van der Waals surface area contributed by atoms with E-state index in [0.717, 1.165) is 5.56 Å². The second-order valence-electron chi connectivity index (χ2n) is 12.6. The number of ether oxygens (including phenoxy) is 1. The predicted octanol–water partition coefficient (Wildman–Crippen LogP) is 4.03. The van der Waals surface area contributed by atoms with E-state index in [4.69, 9.17) is 21.9 Å². The smallest absolute Gasteiger partial charge is 0.411 e. The van der Waals surface area contributed by atoms with E-state index in [9.17, 15) is 14.7 Å². The van der Waals surface area contributed by atoms with Gasteiger partial charge in [-0.15, -0.1) is 12.4 Å². The van der Waals surface area contributed by atoms with Crippen LogP contribution in [-0.2, 0) is 30.7 Å². The maximum Gasteiger partial charge on any atom is 0.411 e. The molecule has 14 heteroatoms. The third kappa shape index (κ3) is 8.30. The summed E-state index contributed by atoms with van der Waals surface area (Å²) in [6.07, 6.45) is -0.871. The van der Waals surface area contributed by atoms with Crippen LogP contribution < -0.4 is 22.5 Å². The van der Waals surface area contributed by atoms with Crippen LogP contribution in [0.2, 0.25) is 0 Å². The summed E-state index contributed by atoms with van der Waals surface area (Å²) >= 11 is 0. The number of guanidine groups is 1. The topological polar surface area (TPSA) is 203 Å². The highest BCUT2D eigenvalue weighted by atomic mass is 35.5. The largest absolute Gasteiger partial charge is 0.480 e. The Hall–Kier alpha value is -3.39. The van der Waals surface area contributed by atoms with E-state index in [-0.39, 0.29) is 58.7 Å². The molecule has 1 fully saturated rings. The molecule has 2 aromatic rings. The van der Waals surface area contributed by atoms with Crippen LogP contribution in [-0.4, -0.2) is 68.7 Å². The molecule has 1 saturated heterocycles. The number of hydrogen-bond acceptors (Lipinski definition) is 8. The van der Waals surface area contributed by atoms with Crippen LogP contribution in [0.25, 0.3) is 0 Å². The van der Waals surface area contributed by atoms with Crippen LogP contribution in [0, 0.1) is 0 Å². The molecule has 1 heterocycles. The number of carboxylic acid groups (broad SMARTS) is 1. The lowest BCUT2D eigenvalue weighted by Crippen LogP contribution is -2.50. The van der Waals surface area contributed by atoms with Crippen molar-refractivity contribution in [1.82, 2.24) is 10.2 Å². The van der Waals surface area contributed by atoms with Crippen LogP contribution >= 0.6 is 12.4 Å². The second-order valence-corrected chi connectivity index (χ2v) is 14.8. The molecule has 8 N–H and O–H groups in total. The number of rotatable bonds is 11. The lowest BCUT2D eigenvalue weighted by molar-refractivity contribution is -0.138. The average molecular weight is 681 g/mol. The molecule has 2 aromatic carbocycles. The first-order valence-corrected chi connectivity index (χ1v) is 16.7. The van der Waals surface area contributed by atoms with Crippen LogP contribution in [0.1, 0.15) is 94.0 Å². The standard InChI is InChI=1S/C32H48N6O6S.ClH/c1-18(2)22-16-23(19(3)4)28(24(17-22)20(5)6)45(42,43)32(7,44-31(41)38-12-10-36-11-13-38)25-9-8-21(14-26(33)29(39)40)15-27(25)37-30(34)35;/h8-9,15-20,26,36H,10-14,33H2,1-7H3,(H,39,40)(H4,34,35,37);1H/t26-,32?;/m0./s1. The minimum atomic E-state index is -4.54. The van der Waals surface area contributed by atoms with Crippen molar-refractivity contribution in [3.8, 4) is 0 Å². The lowest BCUT2D eigenvalue weighted by Gasteiger charge is -2.36. The number of carbonyl (C=O) groups is 2. The maximum atomic E-state index is 15.3. The Morgan fingerprint density at radius 3 is 2.00 bits per heavy atom. The molecule has 1 amide bonds. The van der Waals surface area contributed by atoms with E-state index in [1.165, 1.54) is 24.0 Å².